The molecule has 0 aromatic heterocycles. The molecule has 1 fully saturated rings. The minimum absolute atomic E-state index is 0. The summed E-state index contributed by atoms with van der Waals surface area (Å²) in [6.07, 6.45) is 3.00. The predicted molar refractivity (Wildman–Crippen MR) is 95.0 cm³/mol. The van der Waals surface area contributed by atoms with Crippen molar-refractivity contribution in [3.8, 4) is 5.75 Å². The van der Waals surface area contributed by atoms with E-state index in [0.29, 0.717) is 29.7 Å². The summed E-state index contributed by atoms with van der Waals surface area (Å²) in [5, 5.41) is 3.16. The lowest BCUT2D eigenvalue weighted by molar-refractivity contribution is 0.263. The van der Waals surface area contributed by atoms with Crippen LogP contribution in [0.3, 0.4) is 0 Å². The van der Waals surface area contributed by atoms with E-state index in [4.69, 9.17) is 4.74 Å². The molecule has 0 bridgehead atoms. The Morgan fingerprint density at radius 1 is 1.30 bits per heavy atom. The van der Waals surface area contributed by atoms with Gasteiger partial charge in [-0.25, -0.2) is 8.42 Å². The second-order valence-corrected chi connectivity index (χ2v) is 7.81. The van der Waals surface area contributed by atoms with Crippen LogP contribution < -0.4 is 10.1 Å². The summed E-state index contributed by atoms with van der Waals surface area (Å²) in [4.78, 5) is 0.361. The first-order valence-electron chi connectivity index (χ1n) is 7.78. The van der Waals surface area contributed by atoms with E-state index in [0.717, 1.165) is 31.4 Å². The third-order valence-electron chi connectivity index (χ3n) is 4.38. The zero-order valence-electron chi connectivity index (χ0n) is 14.0. The Labute approximate surface area is 145 Å². The van der Waals surface area contributed by atoms with Crippen LogP contribution in [0.2, 0.25) is 0 Å². The number of benzene rings is 1. The van der Waals surface area contributed by atoms with Crippen molar-refractivity contribution in [3.05, 3.63) is 23.8 Å². The highest BCUT2D eigenvalue weighted by atomic mass is 35.5. The maximum absolute atomic E-state index is 12.7. The summed E-state index contributed by atoms with van der Waals surface area (Å²) in [5.74, 6) is 1.33. The topological polar surface area (TPSA) is 58.6 Å². The van der Waals surface area contributed by atoms with Gasteiger partial charge in [0.25, 0.3) is 0 Å². The van der Waals surface area contributed by atoms with E-state index in [1.807, 2.05) is 14.0 Å². The maximum Gasteiger partial charge on any atom is 0.243 e. The minimum Gasteiger partial charge on any atom is -0.496 e. The van der Waals surface area contributed by atoms with Gasteiger partial charge in [0.1, 0.15) is 5.75 Å². The molecule has 23 heavy (non-hydrogen) atoms. The van der Waals surface area contributed by atoms with Crippen molar-refractivity contribution in [1.29, 1.82) is 0 Å². The summed E-state index contributed by atoms with van der Waals surface area (Å²) < 4.78 is 32.3. The van der Waals surface area contributed by atoms with Crippen LogP contribution in [-0.4, -0.2) is 46.5 Å². The lowest BCUT2D eigenvalue weighted by Crippen LogP contribution is -2.38. The summed E-state index contributed by atoms with van der Waals surface area (Å²) >= 11 is 0. The van der Waals surface area contributed by atoms with Crippen molar-refractivity contribution in [3.63, 3.8) is 0 Å². The molecular formula is C16H27ClN2O3S. The van der Waals surface area contributed by atoms with Crippen LogP contribution in [0.25, 0.3) is 0 Å². The highest BCUT2D eigenvalue weighted by molar-refractivity contribution is 7.89. The van der Waals surface area contributed by atoms with Crippen LogP contribution in [0.1, 0.15) is 24.8 Å². The lowest BCUT2D eigenvalue weighted by Gasteiger charge is -2.31. The fourth-order valence-electron chi connectivity index (χ4n) is 2.95. The summed E-state index contributed by atoms with van der Waals surface area (Å²) in [6, 6.07) is 5.05. The molecule has 1 aliphatic rings. The molecule has 0 atom stereocenters. The molecule has 1 aromatic carbocycles. The lowest BCUT2D eigenvalue weighted by atomic mass is 9.95. The van der Waals surface area contributed by atoms with Crippen molar-refractivity contribution in [2.24, 2.45) is 5.92 Å². The van der Waals surface area contributed by atoms with Crippen LogP contribution in [-0.2, 0) is 10.0 Å². The number of methoxy groups -OCH3 is 1. The van der Waals surface area contributed by atoms with Crippen LogP contribution in [0.4, 0.5) is 0 Å². The Hall–Kier alpha value is -0.820. The molecule has 1 heterocycles. The van der Waals surface area contributed by atoms with E-state index in [9.17, 15) is 8.42 Å². The van der Waals surface area contributed by atoms with Gasteiger partial charge in [0.2, 0.25) is 10.0 Å². The average molecular weight is 363 g/mol. The Morgan fingerprint density at radius 3 is 2.48 bits per heavy atom. The molecule has 1 N–H and O–H groups in total. The first kappa shape index (κ1) is 20.2. The number of piperidine rings is 1. The Bertz CT molecular complexity index is 599. The van der Waals surface area contributed by atoms with Gasteiger partial charge in [-0.3, -0.25) is 0 Å². The third-order valence-corrected chi connectivity index (χ3v) is 6.27. The normalized spacial score (nSPS) is 16.8. The molecule has 0 saturated carbocycles. The van der Waals surface area contributed by atoms with E-state index in [1.165, 1.54) is 0 Å². The van der Waals surface area contributed by atoms with E-state index in [2.05, 4.69) is 5.32 Å². The quantitative estimate of drug-likeness (QED) is 0.844. The molecule has 1 saturated heterocycles. The fourth-order valence-corrected chi connectivity index (χ4v) is 4.50. The molecule has 5 nitrogen and oxygen atoms in total. The van der Waals surface area contributed by atoms with Crippen LogP contribution >= 0.6 is 12.4 Å². The molecule has 132 valence electrons. The van der Waals surface area contributed by atoms with Gasteiger partial charge in [-0.15, -0.1) is 12.4 Å². The average Bonchev–Trinajstić information content (AvgIpc) is 2.53. The van der Waals surface area contributed by atoms with Crippen LogP contribution in [0, 0.1) is 12.8 Å². The van der Waals surface area contributed by atoms with E-state index in [-0.39, 0.29) is 12.4 Å². The molecule has 0 spiro atoms. The van der Waals surface area contributed by atoms with Gasteiger partial charge in [-0.05, 0) is 69.5 Å². The van der Waals surface area contributed by atoms with Crippen molar-refractivity contribution >= 4 is 22.4 Å². The number of sulfonamides is 1. The number of rotatable bonds is 6. The summed E-state index contributed by atoms with van der Waals surface area (Å²) in [7, 11) is 0.148. The Kier molecular flexibility index (Phi) is 7.80. The zero-order valence-corrected chi connectivity index (χ0v) is 15.7. The van der Waals surface area contributed by atoms with Gasteiger partial charge < -0.3 is 10.1 Å². The van der Waals surface area contributed by atoms with Gasteiger partial charge in [0.05, 0.1) is 12.0 Å². The minimum atomic E-state index is -3.39. The number of aryl methyl sites for hydroxylation is 1. The molecule has 2 rings (SSSR count). The molecule has 1 aromatic rings. The number of hydrogen-bond acceptors (Lipinski definition) is 4. The molecule has 7 heteroatoms. The molecule has 0 radical (unpaired) electrons. The third kappa shape index (κ3) is 4.83. The molecule has 0 aliphatic carbocycles. The summed E-state index contributed by atoms with van der Waals surface area (Å²) in [6.45, 7) is 4.08. The molecule has 0 amide bonds. The number of halogens is 1. The standard InChI is InChI=1S/C16H26N2O3S.ClH/c1-13-12-15(4-5-16(13)21-3)22(19,20)18-10-7-14(8-11-18)6-9-17-2;/h4-5,12,14,17H,6-11H2,1-3H3;1H. The highest BCUT2D eigenvalue weighted by Gasteiger charge is 2.29. The SMILES string of the molecule is CNCCC1CCN(S(=O)(=O)c2ccc(OC)c(C)c2)CC1.Cl. The Morgan fingerprint density at radius 2 is 1.96 bits per heavy atom. The first-order valence-corrected chi connectivity index (χ1v) is 9.22. The second kappa shape index (κ2) is 8.87. The van der Waals surface area contributed by atoms with Gasteiger partial charge >= 0.3 is 0 Å². The van der Waals surface area contributed by atoms with Crippen molar-refractivity contribution in [2.45, 2.75) is 31.1 Å². The van der Waals surface area contributed by atoms with E-state index in [1.54, 1.807) is 29.6 Å². The largest absolute Gasteiger partial charge is 0.496 e. The maximum atomic E-state index is 12.7. The smallest absolute Gasteiger partial charge is 0.243 e. The van der Waals surface area contributed by atoms with Crippen LogP contribution in [0.15, 0.2) is 23.1 Å². The highest BCUT2D eigenvalue weighted by Crippen LogP contribution is 2.27. The van der Waals surface area contributed by atoms with Gasteiger partial charge in [-0.2, -0.15) is 4.31 Å². The van der Waals surface area contributed by atoms with Gasteiger partial charge in [0.15, 0.2) is 0 Å². The first-order chi connectivity index (χ1) is 10.5. The number of nitrogens with zero attached hydrogens (tertiary/aromatic N) is 1. The molecule has 1 aliphatic heterocycles. The predicted octanol–water partition coefficient (Wildman–Crippen LogP) is 2.44. The Balaban J connectivity index is 0.00000264. The fraction of sp³-hybridized carbons (Fsp3) is 0.625. The van der Waals surface area contributed by atoms with Gasteiger partial charge in [-0.1, -0.05) is 0 Å². The second-order valence-electron chi connectivity index (χ2n) is 5.87. The van der Waals surface area contributed by atoms with Gasteiger partial charge in [0, 0.05) is 13.1 Å². The number of ether oxygens (including phenoxy) is 1. The van der Waals surface area contributed by atoms with E-state index < -0.39 is 10.0 Å². The molecule has 0 unspecified atom stereocenters. The monoisotopic (exact) mass is 362 g/mol. The number of nitrogens with one attached hydrogen (secondary N) is 1. The molecular weight excluding hydrogens is 336 g/mol. The van der Waals surface area contributed by atoms with Crippen molar-refractivity contribution in [2.75, 3.05) is 33.8 Å². The van der Waals surface area contributed by atoms with Crippen molar-refractivity contribution in [1.82, 2.24) is 9.62 Å². The summed E-state index contributed by atoms with van der Waals surface area (Å²) in [5.41, 5.74) is 0.840. The van der Waals surface area contributed by atoms with E-state index >= 15 is 0 Å². The number of hydrogen-bond donors (Lipinski definition) is 1. The van der Waals surface area contributed by atoms with Crippen LogP contribution in [0.5, 0.6) is 5.75 Å². The van der Waals surface area contributed by atoms with Crippen molar-refractivity contribution < 1.29 is 13.2 Å². The zero-order chi connectivity index (χ0) is 16.2.